The molecule has 5 rings (SSSR count). The molecule has 1 aromatic carbocycles. The zero-order valence-corrected chi connectivity index (χ0v) is 17.2. The highest BCUT2D eigenvalue weighted by molar-refractivity contribution is 6.36. The summed E-state index contributed by atoms with van der Waals surface area (Å²) in [7, 11) is 0. The first-order chi connectivity index (χ1) is 14.6. The van der Waals surface area contributed by atoms with Gasteiger partial charge in [-0.15, -0.1) is 0 Å². The molecule has 1 aliphatic heterocycles. The van der Waals surface area contributed by atoms with Gasteiger partial charge in [0.05, 0.1) is 16.3 Å². The fourth-order valence-corrected chi connectivity index (χ4v) is 4.11. The molecule has 3 aromatic heterocycles. The lowest BCUT2D eigenvalue weighted by Gasteiger charge is -2.28. The van der Waals surface area contributed by atoms with E-state index in [0.29, 0.717) is 35.1 Å². The van der Waals surface area contributed by atoms with Crippen LogP contribution in [0, 0.1) is 6.92 Å². The maximum atomic E-state index is 12.6. The van der Waals surface area contributed by atoms with Gasteiger partial charge in [-0.1, -0.05) is 23.2 Å². The summed E-state index contributed by atoms with van der Waals surface area (Å²) in [5, 5.41) is 1.24. The smallest absolute Gasteiger partial charge is 0.342 e. The van der Waals surface area contributed by atoms with Crippen LogP contribution in [-0.4, -0.2) is 26.4 Å². The fourth-order valence-electron chi connectivity index (χ4n) is 3.83. The van der Waals surface area contributed by atoms with Crippen LogP contribution < -0.4 is 5.63 Å². The number of hydrogen-bond donors (Lipinski definition) is 0. The number of aromatic nitrogens is 3. The van der Waals surface area contributed by atoms with Gasteiger partial charge in [0.2, 0.25) is 0 Å². The zero-order chi connectivity index (χ0) is 20.7. The third-order valence-electron chi connectivity index (χ3n) is 5.42. The molecule has 1 aliphatic rings. The van der Waals surface area contributed by atoms with Gasteiger partial charge in [-0.05, 0) is 31.2 Å². The van der Waals surface area contributed by atoms with E-state index in [1.165, 1.54) is 0 Å². The van der Waals surface area contributed by atoms with E-state index in [1.807, 2.05) is 37.4 Å². The van der Waals surface area contributed by atoms with Gasteiger partial charge in [0, 0.05) is 61.2 Å². The van der Waals surface area contributed by atoms with Crippen molar-refractivity contribution in [1.29, 1.82) is 0 Å². The van der Waals surface area contributed by atoms with Gasteiger partial charge in [0.15, 0.2) is 5.82 Å². The van der Waals surface area contributed by atoms with Crippen LogP contribution in [0.5, 0.6) is 0 Å². The number of aryl methyl sites for hydroxylation is 1. The number of halogens is 1. The summed E-state index contributed by atoms with van der Waals surface area (Å²) in [5.74, 6) is 0.707. The van der Waals surface area contributed by atoms with Crippen LogP contribution in [0.25, 0.3) is 22.4 Å². The second-order valence-corrected chi connectivity index (χ2v) is 7.92. The molecule has 0 bridgehead atoms. The Labute approximate surface area is 178 Å². The summed E-state index contributed by atoms with van der Waals surface area (Å²) < 4.78 is 5.51. The molecule has 0 saturated carbocycles. The largest absolute Gasteiger partial charge is 0.422 e. The van der Waals surface area contributed by atoms with Crippen LogP contribution in [0.4, 0.5) is 0 Å². The second-order valence-electron chi connectivity index (χ2n) is 7.54. The van der Waals surface area contributed by atoms with Gasteiger partial charge in [-0.3, -0.25) is 9.88 Å². The molecule has 4 aromatic rings. The first-order valence-electron chi connectivity index (χ1n) is 9.78. The van der Waals surface area contributed by atoms with E-state index < -0.39 is 0 Å². The van der Waals surface area contributed by atoms with Crippen LogP contribution in [0.2, 0.25) is 5.02 Å². The number of nitrogens with zero attached hydrogens (tertiary/aromatic N) is 4. The molecule has 0 atom stereocenters. The molecule has 150 valence electrons. The Hall–Kier alpha value is -3.09. The SMILES string of the molecule is Cc1ccc2oc(=O)c(CN3CCc4nc(-c5ccncc5)ncc4C3)c(Cl)c2c1. The highest BCUT2D eigenvalue weighted by Crippen LogP contribution is 2.28. The van der Waals surface area contributed by atoms with Crippen molar-refractivity contribution in [2.45, 2.75) is 26.4 Å². The third-order valence-corrected chi connectivity index (χ3v) is 5.85. The summed E-state index contributed by atoms with van der Waals surface area (Å²) in [6.45, 7) is 3.86. The summed E-state index contributed by atoms with van der Waals surface area (Å²) in [6, 6.07) is 9.45. The minimum absolute atomic E-state index is 0.383. The summed E-state index contributed by atoms with van der Waals surface area (Å²) in [6.07, 6.45) is 6.13. The normalized spacial score (nSPS) is 14.1. The predicted octanol–water partition coefficient (Wildman–Crippen LogP) is 4.17. The summed E-state index contributed by atoms with van der Waals surface area (Å²) in [4.78, 5) is 28.0. The Morgan fingerprint density at radius 2 is 2.03 bits per heavy atom. The highest BCUT2D eigenvalue weighted by atomic mass is 35.5. The van der Waals surface area contributed by atoms with E-state index in [4.69, 9.17) is 21.0 Å². The second kappa shape index (κ2) is 7.63. The van der Waals surface area contributed by atoms with Crippen LogP contribution in [0.15, 0.2) is 58.1 Å². The van der Waals surface area contributed by atoms with E-state index in [1.54, 1.807) is 18.5 Å². The molecular weight excluding hydrogens is 400 g/mol. The molecule has 0 saturated heterocycles. The van der Waals surface area contributed by atoms with Crippen molar-refractivity contribution in [3.63, 3.8) is 0 Å². The Bertz CT molecular complexity index is 1300. The molecule has 0 amide bonds. The molecule has 0 spiro atoms. The van der Waals surface area contributed by atoms with Crippen molar-refractivity contribution < 1.29 is 4.42 Å². The minimum atomic E-state index is -0.383. The molecule has 0 fully saturated rings. The monoisotopic (exact) mass is 418 g/mol. The number of rotatable bonds is 3. The van der Waals surface area contributed by atoms with Crippen molar-refractivity contribution in [2.75, 3.05) is 6.54 Å². The molecule has 0 aliphatic carbocycles. The Morgan fingerprint density at radius 1 is 1.20 bits per heavy atom. The van der Waals surface area contributed by atoms with Gasteiger partial charge >= 0.3 is 5.63 Å². The van der Waals surface area contributed by atoms with Crippen molar-refractivity contribution in [3.8, 4) is 11.4 Å². The zero-order valence-electron chi connectivity index (χ0n) is 16.4. The predicted molar refractivity (Wildman–Crippen MR) is 115 cm³/mol. The molecule has 0 unspecified atom stereocenters. The van der Waals surface area contributed by atoms with Crippen molar-refractivity contribution in [1.82, 2.24) is 19.9 Å². The highest BCUT2D eigenvalue weighted by Gasteiger charge is 2.22. The average Bonchev–Trinajstić information content (AvgIpc) is 2.77. The molecule has 4 heterocycles. The third kappa shape index (κ3) is 3.49. The first kappa shape index (κ1) is 18.9. The van der Waals surface area contributed by atoms with Crippen molar-refractivity contribution in [2.24, 2.45) is 0 Å². The average molecular weight is 419 g/mol. The lowest BCUT2D eigenvalue weighted by Crippen LogP contribution is -2.32. The lowest BCUT2D eigenvalue weighted by atomic mass is 10.1. The minimum Gasteiger partial charge on any atom is -0.422 e. The Morgan fingerprint density at radius 3 is 2.87 bits per heavy atom. The van der Waals surface area contributed by atoms with Crippen LogP contribution in [-0.2, 0) is 19.5 Å². The van der Waals surface area contributed by atoms with E-state index in [-0.39, 0.29) is 5.63 Å². The van der Waals surface area contributed by atoms with Gasteiger partial charge in [0.1, 0.15) is 5.58 Å². The van der Waals surface area contributed by atoms with E-state index in [0.717, 1.165) is 40.7 Å². The van der Waals surface area contributed by atoms with Gasteiger partial charge in [0.25, 0.3) is 0 Å². The number of benzene rings is 1. The molecule has 0 radical (unpaired) electrons. The quantitative estimate of drug-likeness (QED) is 0.465. The molecule has 30 heavy (non-hydrogen) atoms. The van der Waals surface area contributed by atoms with Crippen LogP contribution in [0.3, 0.4) is 0 Å². The van der Waals surface area contributed by atoms with Gasteiger partial charge in [-0.2, -0.15) is 0 Å². The Kier molecular flexibility index (Phi) is 4.81. The molecule has 6 nitrogen and oxygen atoms in total. The maximum absolute atomic E-state index is 12.6. The topological polar surface area (TPSA) is 72.1 Å². The summed E-state index contributed by atoms with van der Waals surface area (Å²) in [5.41, 5.74) is 4.75. The van der Waals surface area contributed by atoms with Crippen molar-refractivity contribution in [3.05, 3.63) is 86.7 Å². The van der Waals surface area contributed by atoms with Crippen LogP contribution in [0.1, 0.15) is 22.4 Å². The van der Waals surface area contributed by atoms with E-state index in [2.05, 4.69) is 14.9 Å². The lowest BCUT2D eigenvalue weighted by molar-refractivity contribution is 0.240. The molecular formula is C23H19ClN4O2. The van der Waals surface area contributed by atoms with Crippen LogP contribution >= 0.6 is 11.6 Å². The van der Waals surface area contributed by atoms with Crippen molar-refractivity contribution >= 4 is 22.6 Å². The maximum Gasteiger partial charge on any atom is 0.342 e. The summed E-state index contributed by atoms with van der Waals surface area (Å²) >= 11 is 6.61. The fraction of sp³-hybridized carbons (Fsp3) is 0.217. The number of hydrogen-bond acceptors (Lipinski definition) is 6. The standard InChI is InChI=1S/C23H19ClN4O2/c1-14-2-3-20-17(10-14)21(24)18(23(29)30-20)13-28-9-6-19-16(12-28)11-26-22(27-19)15-4-7-25-8-5-15/h2-5,7-8,10-11H,6,9,12-13H2,1H3. The molecule has 0 N–H and O–H groups in total. The van der Waals surface area contributed by atoms with Gasteiger partial charge in [-0.25, -0.2) is 14.8 Å². The number of fused-ring (bicyclic) bond motifs is 2. The van der Waals surface area contributed by atoms with E-state index >= 15 is 0 Å². The molecule has 7 heteroatoms. The Balaban J connectivity index is 1.41. The van der Waals surface area contributed by atoms with Gasteiger partial charge < -0.3 is 4.42 Å². The number of pyridine rings is 1. The first-order valence-corrected chi connectivity index (χ1v) is 10.2. The van der Waals surface area contributed by atoms with E-state index in [9.17, 15) is 4.79 Å².